The van der Waals surface area contributed by atoms with Gasteiger partial charge < -0.3 is 138 Å². The minimum absolute atomic E-state index is 0.0429. The van der Waals surface area contributed by atoms with Crippen LogP contribution in [0.25, 0.3) is 0 Å². The first-order chi connectivity index (χ1) is 57.6. The number of hydrogen-bond acceptors (Lipinski definition) is 44. The van der Waals surface area contributed by atoms with E-state index in [1.165, 1.54) is 0 Å². The molecule has 4 aliphatic rings. The molecule has 124 heavy (non-hydrogen) atoms. The van der Waals surface area contributed by atoms with Crippen LogP contribution in [0.1, 0.15) is 33.1 Å². The molecule has 8 heterocycles. The predicted molar refractivity (Wildman–Crippen MR) is 387 cm³/mol. The first-order valence-electron chi connectivity index (χ1n) is 31.9. The third kappa shape index (κ3) is 32.4. The number of halogens is 8. The zero-order valence-electron chi connectivity index (χ0n) is 63.1. The summed E-state index contributed by atoms with van der Waals surface area (Å²) in [6.45, 7) is -12.4. The smallest absolute Gasteiger partial charge is 0.385 e. The molecule has 0 aliphatic carbocycles. The van der Waals surface area contributed by atoms with Crippen molar-refractivity contribution in [3.8, 4) is 0 Å². The molecule has 0 radical (unpaired) electrons. The second kappa shape index (κ2) is 41.3. The fraction of sp³-hybridized carbons (Fsp3) is 0.556. The number of aliphatic hydroxyl groups excluding tert-OH is 8. The molecule has 4 aromatic heterocycles. The van der Waals surface area contributed by atoms with Gasteiger partial charge in [-0.05, 0) is 0 Å². The predicted octanol–water partition coefficient (Wildman–Crippen LogP) is -0.724. The van der Waals surface area contributed by atoms with Gasteiger partial charge in [0.15, 0.2) is 24.9 Å². The van der Waals surface area contributed by atoms with Crippen LogP contribution >= 0.6 is 189 Å². The summed E-state index contributed by atoms with van der Waals surface area (Å²) in [6.07, 6.45) is -29.2. The zero-order valence-corrected chi connectivity index (χ0v) is 74.1. The summed E-state index contributed by atoms with van der Waals surface area (Å²) in [5, 5.41) is 78.8. The fourth-order valence-corrected chi connectivity index (χ4v) is 21.2. The van der Waals surface area contributed by atoms with Gasteiger partial charge in [-0.25, -0.2) is 91.5 Å². The second-order valence-electron chi connectivity index (χ2n) is 22.2. The van der Waals surface area contributed by atoms with E-state index in [9.17, 15) is 139 Å². The number of rotatable bonds is 32. The molecule has 88 heteroatoms. The number of phosphoric ester groups is 4. The highest BCUT2D eigenvalue weighted by molar-refractivity contribution is 7.72. The quantitative estimate of drug-likeness (QED) is 0.0163. The Bertz CT molecular complexity index is 6140. The highest BCUT2D eigenvalue weighted by Gasteiger charge is 2.62. The molecule has 4 aromatic rings. The average Bonchev–Trinajstić information content (AvgIpc) is 1.56. The van der Waals surface area contributed by atoms with Crippen molar-refractivity contribution in [3.05, 3.63) is 105 Å². The van der Waals surface area contributed by atoms with Crippen molar-refractivity contribution in [2.75, 3.05) is 26.3 Å². The fourth-order valence-electron chi connectivity index (χ4n) is 8.24. The Hall–Kier alpha value is -1.56. The lowest BCUT2D eigenvalue weighted by Gasteiger charge is -2.24. The van der Waals surface area contributed by atoms with Gasteiger partial charge in [0.2, 0.25) is 0 Å². The van der Waals surface area contributed by atoms with Gasteiger partial charge in [-0.3, -0.25) is 56.3 Å². The summed E-state index contributed by atoms with van der Waals surface area (Å²) in [6, 6.07) is 0. The van der Waals surface area contributed by atoms with Crippen molar-refractivity contribution >= 4 is 189 Å². The SMILES string of the molecule is O=c1[nH]c(=S)c(Cl)cn1[C@@H]1O[C@](F)(COP(=O)(O)OP(=O)(O)OP(=O)(O)O)[C@@H](O)[C@H]1O.[2H]C([2H])(OP(=O)(O)OP(=O)(O)OP(=O)(O)O)[C@@]1(F)O[C@@H](n2cc(Cl)c(=S)[nH]c2=O)[C@H](O)[C@@H]1O.[2H]C([2H])(OP(=O)(O)OP(=O)(O)OP(=O)(O)O)[C@@]1(F)O[C@@]([2H])(n2cc(Cl)c(=S)[nH]c2=O)[C@H](O)[C@@H]1O.[2H][C@@]1(n2cc(Cl)c(=S)[nH]c2=O)O[C@](F)(COP(=O)(O)OP(=O)(O)OP(=O)(O)O)[C@@H](O)[C@H]1O. The largest absolute Gasteiger partial charge is 0.490 e. The number of ether oxygens (including phenoxy) is 4. The number of nitrogens with one attached hydrogen (secondary N) is 4. The summed E-state index contributed by atoms with van der Waals surface area (Å²) in [7, 11) is -71.2. The van der Waals surface area contributed by atoms with Gasteiger partial charge >= 0.3 is 117 Å². The summed E-state index contributed by atoms with van der Waals surface area (Å²) in [4.78, 5) is 198. The second-order valence-corrected chi connectivity index (χ2v) is 43.0. The van der Waals surface area contributed by atoms with Crippen LogP contribution in [0, 0.1) is 18.6 Å². The number of phosphoric acid groups is 12. The van der Waals surface area contributed by atoms with E-state index in [0.29, 0.717) is 21.5 Å². The summed E-state index contributed by atoms with van der Waals surface area (Å²) in [5.41, 5.74) is -4.81. The Kier molecular flexibility index (Phi) is 34.3. The Labute approximate surface area is 723 Å². The molecule has 0 spiro atoms. The highest BCUT2D eigenvalue weighted by atomic mass is 35.5. The first kappa shape index (κ1) is 103. The minimum Gasteiger partial charge on any atom is -0.385 e. The first-order valence-corrected chi connectivity index (χ1v) is 50.1. The van der Waals surface area contributed by atoms with Crippen LogP contribution in [0.2, 0.25) is 20.1 Å². The van der Waals surface area contributed by atoms with Gasteiger partial charge in [-0.2, -0.15) is 34.5 Å². The van der Waals surface area contributed by atoms with Gasteiger partial charge in [0, 0.05) is 24.8 Å². The molecule has 4 aliphatic heterocycles. The van der Waals surface area contributed by atoms with E-state index in [-0.39, 0.29) is 42.8 Å². The Morgan fingerprint density at radius 3 is 0.823 bits per heavy atom. The molecule has 28 N–H and O–H groups in total. The monoisotopic (exact) mass is 2210 g/mol. The van der Waals surface area contributed by atoms with E-state index in [4.69, 9.17) is 130 Å². The number of alkyl halides is 4. The lowest BCUT2D eigenvalue weighted by molar-refractivity contribution is -0.205. The molecule has 0 amide bonds. The number of aromatic nitrogens is 8. The minimum atomic E-state index is -6.34. The van der Waals surface area contributed by atoms with Gasteiger partial charge in [0.25, 0.3) is 23.4 Å². The van der Waals surface area contributed by atoms with Gasteiger partial charge in [0.1, 0.15) is 93.7 Å². The molecule has 8 unspecified atom stereocenters. The van der Waals surface area contributed by atoms with Gasteiger partial charge in [-0.1, -0.05) is 95.3 Å². The molecule has 4 fully saturated rings. The van der Waals surface area contributed by atoms with Crippen LogP contribution < -0.4 is 22.8 Å². The zero-order chi connectivity index (χ0) is 101. The molecule has 712 valence electrons. The van der Waals surface area contributed by atoms with E-state index in [1.54, 1.807) is 0 Å². The normalized spacial score (nSPS) is 32.8. The van der Waals surface area contributed by atoms with E-state index in [2.05, 4.69) is 108 Å². The molecule has 8 rings (SSSR count). The molecule has 0 bridgehead atoms. The van der Waals surface area contributed by atoms with Crippen LogP contribution in [0.4, 0.5) is 17.6 Å². The molecule has 0 aromatic carbocycles. The third-order valence-electron chi connectivity index (χ3n) is 12.9. The van der Waals surface area contributed by atoms with Crippen LogP contribution in [0.5, 0.6) is 0 Å². The third-order valence-corrected chi connectivity index (χ3v) is 30.6. The average molecular weight is 2220 g/mol. The highest BCUT2D eigenvalue weighted by Crippen LogP contribution is 2.70. The maximum absolute atomic E-state index is 15.5. The topological polar surface area (TPSA) is 989 Å². The Morgan fingerprint density at radius 2 is 0.548 bits per heavy atom. The van der Waals surface area contributed by atoms with Crippen LogP contribution in [0.3, 0.4) is 0 Å². The van der Waals surface area contributed by atoms with Gasteiger partial charge in [-0.15, -0.1) is 0 Å². The molecule has 4 saturated heterocycles. The molecule has 0 saturated carbocycles. The summed E-state index contributed by atoms with van der Waals surface area (Å²) < 4.78 is 303. The van der Waals surface area contributed by atoms with Crippen molar-refractivity contribution in [3.63, 3.8) is 0 Å². The number of H-pyrrole nitrogens is 4. The molecule has 24 atom stereocenters. The van der Waals surface area contributed by atoms with Crippen LogP contribution in [-0.4, -0.2) is 256 Å². The lowest BCUT2D eigenvalue weighted by atomic mass is 10.1. The van der Waals surface area contributed by atoms with E-state index < -0.39 is 245 Å². The Balaban J connectivity index is 0.000000307. The van der Waals surface area contributed by atoms with E-state index >= 15 is 13.2 Å². The Morgan fingerprint density at radius 1 is 0.347 bits per heavy atom. The number of nitrogens with zero attached hydrogens (tertiary/aromatic N) is 4. The molecular formula is C36H52Cl4F4N8O56P12S4. The van der Waals surface area contributed by atoms with Crippen molar-refractivity contribution in [2.24, 2.45) is 0 Å². The summed E-state index contributed by atoms with van der Waals surface area (Å²) in [5.74, 6) is -16.0. The molecular weight excluding hydrogens is 2160 g/mol. The lowest BCUT2D eigenvalue weighted by Crippen LogP contribution is -2.43. The number of hydrogen-bond donors (Lipinski definition) is 28. The number of aromatic amines is 4. The van der Waals surface area contributed by atoms with E-state index in [1.807, 2.05) is 15.0 Å². The standard InChI is InChI=1S/4C9H13ClFN2O14P3S/c4*10-3-1-13(8(16)12-6(3)31)7-4(14)5(15)9(11,25-7)2-24-29(20,21)27-30(22,23)26-28(17,18)19/h4*1,4-5,7,14-15H,2H2,(H,20,21)(H,22,23)(H,12,16,31)(H2,17,18,19)/t4*4-,5+,7-,9-/m1111/s1/i2D2,7D;7D;2D2;. The summed E-state index contributed by atoms with van der Waals surface area (Å²) >= 11 is 41.6. The van der Waals surface area contributed by atoms with Crippen molar-refractivity contribution < 1.29 is 271 Å². The molecule has 64 nitrogen and oxygen atoms in total. The van der Waals surface area contributed by atoms with Crippen LogP contribution in [-0.2, 0) is 126 Å². The van der Waals surface area contributed by atoms with E-state index in [0.717, 1.165) is 12.4 Å². The maximum atomic E-state index is 15.5. The van der Waals surface area contributed by atoms with Gasteiger partial charge in [0.05, 0.1) is 28.3 Å². The number of aliphatic hydroxyl groups is 8. The van der Waals surface area contributed by atoms with Crippen molar-refractivity contribution in [2.45, 2.75) is 97.1 Å². The maximum Gasteiger partial charge on any atom is 0.490 e. The van der Waals surface area contributed by atoms with Crippen LogP contribution in [0.15, 0.2) is 44.0 Å². The van der Waals surface area contributed by atoms with Crippen molar-refractivity contribution in [1.29, 1.82) is 0 Å². The van der Waals surface area contributed by atoms with Crippen molar-refractivity contribution in [1.82, 2.24) is 38.2 Å².